The van der Waals surface area contributed by atoms with Crippen molar-refractivity contribution < 1.29 is 23.8 Å². The monoisotopic (exact) mass is 447 g/mol. The minimum absolute atomic E-state index is 0.00456. The van der Waals surface area contributed by atoms with E-state index < -0.39 is 23.5 Å². The SMILES string of the molecule is COc1cccc2cc(C(=O)C3=C(O)C(=O)N(c4nnc(C)s4)C3c3ccccc3)oc12. The lowest BCUT2D eigenvalue weighted by molar-refractivity contribution is -0.117. The Balaban J connectivity index is 1.65. The first-order valence-corrected chi connectivity index (χ1v) is 10.5. The number of rotatable bonds is 5. The summed E-state index contributed by atoms with van der Waals surface area (Å²) in [4.78, 5) is 27.9. The fourth-order valence-electron chi connectivity index (χ4n) is 3.81. The maximum absolute atomic E-state index is 13.6. The van der Waals surface area contributed by atoms with Crippen molar-refractivity contribution >= 4 is 39.1 Å². The van der Waals surface area contributed by atoms with Gasteiger partial charge in [-0.25, -0.2) is 0 Å². The number of amides is 1. The lowest BCUT2D eigenvalue weighted by Gasteiger charge is -2.23. The van der Waals surface area contributed by atoms with Crippen molar-refractivity contribution in [2.45, 2.75) is 13.0 Å². The predicted octanol–water partition coefficient (Wildman–Crippen LogP) is 4.38. The van der Waals surface area contributed by atoms with Crippen molar-refractivity contribution in [1.29, 1.82) is 0 Å². The van der Waals surface area contributed by atoms with E-state index in [0.29, 0.717) is 32.4 Å². The number of hydrogen-bond donors (Lipinski definition) is 1. The van der Waals surface area contributed by atoms with Gasteiger partial charge in [0.05, 0.1) is 18.7 Å². The molecule has 32 heavy (non-hydrogen) atoms. The highest BCUT2D eigenvalue weighted by Crippen LogP contribution is 2.43. The van der Waals surface area contributed by atoms with Gasteiger partial charge in [-0.3, -0.25) is 14.5 Å². The molecule has 2 aromatic carbocycles. The van der Waals surface area contributed by atoms with Crippen LogP contribution in [-0.4, -0.2) is 34.1 Å². The number of carbonyl (C=O) groups is 2. The quantitative estimate of drug-likeness (QED) is 0.453. The third-order valence-corrected chi connectivity index (χ3v) is 6.08. The van der Waals surface area contributed by atoms with Crippen LogP contribution in [0.3, 0.4) is 0 Å². The van der Waals surface area contributed by atoms with Crippen molar-refractivity contribution in [3.63, 3.8) is 0 Å². The van der Waals surface area contributed by atoms with Crippen LogP contribution in [0.2, 0.25) is 0 Å². The number of aliphatic hydroxyl groups is 1. The van der Waals surface area contributed by atoms with E-state index in [1.165, 1.54) is 23.3 Å². The number of para-hydroxylation sites is 1. The first kappa shape index (κ1) is 20.0. The highest BCUT2D eigenvalue weighted by molar-refractivity contribution is 7.15. The number of aryl methyl sites for hydroxylation is 1. The largest absolute Gasteiger partial charge is 0.503 e. The van der Waals surface area contributed by atoms with Gasteiger partial charge in [-0.05, 0) is 24.6 Å². The maximum atomic E-state index is 13.6. The molecule has 0 bridgehead atoms. The second kappa shape index (κ2) is 7.61. The highest BCUT2D eigenvalue weighted by Gasteiger charge is 2.46. The van der Waals surface area contributed by atoms with E-state index in [-0.39, 0.29) is 11.3 Å². The van der Waals surface area contributed by atoms with Gasteiger partial charge < -0.3 is 14.3 Å². The lowest BCUT2D eigenvalue weighted by Crippen LogP contribution is -2.31. The molecule has 1 aliphatic rings. The number of hydrogen-bond acceptors (Lipinski definition) is 8. The third-order valence-electron chi connectivity index (χ3n) is 5.24. The van der Waals surface area contributed by atoms with E-state index in [1.807, 2.05) is 6.07 Å². The molecule has 1 atom stereocenters. The summed E-state index contributed by atoms with van der Waals surface area (Å²) in [5.41, 5.74) is 0.984. The summed E-state index contributed by atoms with van der Waals surface area (Å²) in [5, 5.41) is 20.5. The number of fused-ring (bicyclic) bond motifs is 1. The Labute approximate surface area is 186 Å². The van der Waals surface area contributed by atoms with Crippen LogP contribution < -0.4 is 9.64 Å². The summed E-state index contributed by atoms with van der Waals surface area (Å²) in [6, 6.07) is 15.0. The van der Waals surface area contributed by atoms with Gasteiger partial charge >= 0.3 is 0 Å². The number of ketones is 1. The number of nitrogens with zero attached hydrogens (tertiary/aromatic N) is 3. The van der Waals surface area contributed by atoms with Crippen molar-refractivity contribution in [2.75, 3.05) is 12.0 Å². The molecular weight excluding hydrogens is 430 g/mol. The number of methoxy groups -OCH3 is 1. The number of ether oxygens (including phenoxy) is 1. The molecule has 8 nitrogen and oxygen atoms in total. The molecule has 5 rings (SSSR count). The normalized spacial score (nSPS) is 16.2. The zero-order chi connectivity index (χ0) is 22.4. The Hall–Kier alpha value is -3.98. The van der Waals surface area contributed by atoms with Crippen LogP contribution in [0, 0.1) is 6.92 Å². The summed E-state index contributed by atoms with van der Waals surface area (Å²) >= 11 is 1.20. The Bertz CT molecular complexity index is 1390. The second-order valence-electron chi connectivity index (χ2n) is 7.17. The summed E-state index contributed by atoms with van der Waals surface area (Å²) < 4.78 is 11.1. The van der Waals surface area contributed by atoms with Crippen molar-refractivity contribution in [3.05, 3.63) is 82.3 Å². The summed E-state index contributed by atoms with van der Waals surface area (Å²) in [6.45, 7) is 1.76. The molecule has 4 aromatic rings. The molecule has 0 saturated heterocycles. The molecule has 3 heterocycles. The van der Waals surface area contributed by atoms with E-state index >= 15 is 0 Å². The van der Waals surface area contributed by atoms with E-state index in [0.717, 1.165) is 0 Å². The van der Waals surface area contributed by atoms with Crippen LogP contribution in [-0.2, 0) is 4.79 Å². The number of anilines is 1. The molecule has 1 N–H and O–H groups in total. The lowest BCUT2D eigenvalue weighted by atomic mass is 9.95. The van der Waals surface area contributed by atoms with E-state index in [9.17, 15) is 14.7 Å². The number of carbonyl (C=O) groups excluding carboxylic acids is 2. The van der Waals surface area contributed by atoms with Crippen molar-refractivity contribution in [3.8, 4) is 5.75 Å². The molecule has 0 fully saturated rings. The van der Waals surface area contributed by atoms with Gasteiger partial charge in [0.15, 0.2) is 22.9 Å². The van der Waals surface area contributed by atoms with Gasteiger partial charge in [-0.2, -0.15) is 0 Å². The molecule has 0 radical (unpaired) electrons. The number of benzene rings is 2. The number of aromatic nitrogens is 2. The van der Waals surface area contributed by atoms with Gasteiger partial charge in [-0.1, -0.05) is 53.8 Å². The second-order valence-corrected chi connectivity index (χ2v) is 8.33. The van der Waals surface area contributed by atoms with Crippen LogP contribution in [0.4, 0.5) is 5.13 Å². The predicted molar refractivity (Wildman–Crippen MR) is 118 cm³/mol. The minimum Gasteiger partial charge on any atom is -0.503 e. The number of aliphatic hydroxyl groups excluding tert-OH is 1. The minimum atomic E-state index is -0.876. The average molecular weight is 447 g/mol. The van der Waals surface area contributed by atoms with E-state index in [4.69, 9.17) is 9.15 Å². The van der Waals surface area contributed by atoms with Gasteiger partial charge in [0.25, 0.3) is 5.91 Å². The van der Waals surface area contributed by atoms with E-state index in [2.05, 4.69) is 10.2 Å². The molecule has 0 saturated carbocycles. The smallest absolute Gasteiger partial charge is 0.296 e. The molecule has 0 spiro atoms. The molecule has 1 unspecified atom stereocenters. The number of Topliss-reactive ketones (excluding diaryl/α,β-unsaturated/α-hetero) is 1. The van der Waals surface area contributed by atoms with Gasteiger partial charge in [0.2, 0.25) is 10.9 Å². The summed E-state index contributed by atoms with van der Waals surface area (Å²) in [7, 11) is 1.51. The maximum Gasteiger partial charge on any atom is 0.296 e. The van der Waals surface area contributed by atoms with E-state index in [1.54, 1.807) is 55.5 Å². The molecular formula is C23H17N3O5S. The first-order chi connectivity index (χ1) is 15.5. The first-order valence-electron chi connectivity index (χ1n) is 9.72. The van der Waals surface area contributed by atoms with Gasteiger partial charge in [0.1, 0.15) is 5.01 Å². The molecule has 9 heteroatoms. The Morgan fingerprint density at radius 1 is 1.16 bits per heavy atom. The fourth-order valence-corrected chi connectivity index (χ4v) is 4.52. The Kier molecular flexibility index (Phi) is 4.75. The standard InChI is InChI=1S/C23H17N3O5S/c1-12-24-25-23(32-12)26-18(13-7-4-3-5-8-13)17(20(28)22(26)29)19(27)16-11-14-9-6-10-15(30-2)21(14)31-16/h3-11,18,28H,1-2H3. The van der Waals surface area contributed by atoms with Gasteiger partial charge in [0, 0.05) is 5.39 Å². The molecule has 0 aliphatic carbocycles. The van der Waals surface area contributed by atoms with Crippen LogP contribution in [0.1, 0.15) is 27.2 Å². The molecule has 1 amide bonds. The fraction of sp³-hybridized carbons (Fsp3) is 0.130. The highest BCUT2D eigenvalue weighted by atomic mass is 32.1. The van der Waals surface area contributed by atoms with Crippen molar-refractivity contribution in [1.82, 2.24) is 10.2 Å². The summed E-state index contributed by atoms with van der Waals surface area (Å²) in [6.07, 6.45) is 0. The zero-order valence-corrected chi connectivity index (χ0v) is 17.9. The van der Waals surface area contributed by atoms with Crippen LogP contribution in [0.5, 0.6) is 5.75 Å². The molecule has 160 valence electrons. The van der Waals surface area contributed by atoms with Crippen LogP contribution >= 0.6 is 11.3 Å². The van der Waals surface area contributed by atoms with Crippen molar-refractivity contribution in [2.24, 2.45) is 0 Å². The average Bonchev–Trinajstić information content (AvgIpc) is 3.50. The van der Waals surface area contributed by atoms with Crippen LogP contribution in [0.15, 0.2) is 70.3 Å². The van der Waals surface area contributed by atoms with Crippen LogP contribution in [0.25, 0.3) is 11.0 Å². The Morgan fingerprint density at radius 3 is 2.62 bits per heavy atom. The topological polar surface area (TPSA) is 106 Å². The Morgan fingerprint density at radius 2 is 1.94 bits per heavy atom. The third kappa shape index (κ3) is 3.05. The van der Waals surface area contributed by atoms with Gasteiger partial charge in [-0.15, -0.1) is 10.2 Å². The number of furan rings is 1. The molecule has 1 aliphatic heterocycles. The summed E-state index contributed by atoms with van der Waals surface area (Å²) in [5.74, 6) is -1.47. The molecule has 2 aromatic heterocycles. The zero-order valence-electron chi connectivity index (χ0n) is 17.1.